The number of fused-ring (bicyclic) bond motifs is 3. The molecule has 12 rings (SSSR count). The number of imidazole rings is 2. The monoisotopic (exact) mass is 1010 g/mol. The van der Waals surface area contributed by atoms with E-state index in [2.05, 4.69) is 96.4 Å². The Hall–Kier alpha value is -8.24. The van der Waals surface area contributed by atoms with Crippen LogP contribution in [-0.4, -0.2) is 43.7 Å². The van der Waals surface area contributed by atoms with Gasteiger partial charge in [-0.25, -0.2) is 24.9 Å². The third kappa shape index (κ3) is 7.55. The summed E-state index contributed by atoms with van der Waals surface area (Å²) < 4.78 is 8.54. The molecule has 5 aromatic carbocycles. The molecule has 0 aliphatic heterocycles. The first-order chi connectivity index (χ1) is 31.3. The average molecular weight is 1010 g/mol. The molecule has 64 heavy (non-hydrogen) atoms. The Morgan fingerprint density at radius 3 is 1.50 bits per heavy atom. The van der Waals surface area contributed by atoms with E-state index in [-0.39, 0.29) is 20.1 Å². The predicted molar refractivity (Wildman–Crippen MR) is 247 cm³/mol. The Bertz CT molecular complexity index is 3140. The number of para-hydroxylation sites is 3. The van der Waals surface area contributed by atoms with Gasteiger partial charge in [-0.15, -0.1) is 35.9 Å². The van der Waals surface area contributed by atoms with Gasteiger partial charge in [-0.1, -0.05) is 76.1 Å². The summed E-state index contributed by atoms with van der Waals surface area (Å²) in [6.07, 6.45) is 9.37. The van der Waals surface area contributed by atoms with Gasteiger partial charge >= 0.3 is 0 Å². The van der Waals surface area contributed by atoms with Crippen LogP contribution < -0.4 is 4.68 Å². The van der Waals surface area contributed by atoms with E-state index in [0.717, 1.165) is 90.1 Å². The normalized spacial score (nSPS) is 11.0. The van der Waals surface area contributed by atoms with Gasteiger partial charge in [0.2, 0.25) is 17.5 Å². The molecule has 0 bridgehead atoms. The Balaban J connectivity index is 0.000000323. The van der Waals surface area contributed by atoms with E-state index in [9.17, 15) is 0 Å². The Kier molecular flexibility index (Phi) is 11.0. The zero-order valence-corrected chi connectivity index (χ0v) is 36.5. The average Bonchev–Trinajstić information content (AvgIpc) is 4.08. The third-order valence-electron chi connectivity index (χ3n) is 10.7. The van der Waals surface area contributed by atoms with E-state index in [4.69, 9.17) is 24.9 Å². The molecule has 0 saturated heterocycles. The molecule has 10 nitrogen and oxygen atoms in total. The maximum atomic E-state index is 5.21. The van der Waals surface area contributed by atoms with Gasteiger partial charge in [0, 0.05) is 79.5 Å². The van der Waals surface area contributed by atoms with Crippen LogP contribution in [0.1, 0.15) is 0 Å². The maximum Gasteiger partial charge on any atom is 0.237 e. The Morgan fingerprint density at radius 1 is 0.438 bits per heavy atom. The molecule has 0 unspecified atom stereocenters. The molecular formula is C53H36IrN10. The fraction of sp³-hybridized carbons (Fsp3) is 0. The topological polar surface area (TPSA) is 96.0 Å². The maximum absolute atomic E-state index is 5.21. The summed E-state index contributed by atoms with van der Waals surface area (Å²) in [6.45, 7) is 0. The second-order valence-electron chi connectivity index (χ2n) is 14.7. The number of nitrogens with zero attached hydrogens (tertiary/aromatic N) is 10. The minimum Gasteiger partial charge on any atom is -0.305 e. The van der Waals surface area contributed by atoms with Crippen LogP contribution in [0.4, 0.5) is 0 Å². The quantitative estimate of drug-likeness (QED) is 0.117. The first-order valence-corrected chi connectivity index (χ1v) is 20.5. The summed E-state index contributed by atoms with van der Waals surface area (Å²) in [5.74, 6) is 1.53. The van der Waals surface area contributed by atoms with Crippen LogP contribution in [0, 0.1) is 6.07 Å². The minimum absolute atomic E-state index is 0. The van der Waals surface area contributed by atoms with Crippen LogP contribution in [0.2, 0.25) is 0 Å². The van der Waals surface area contributed by atoms with Crippen LogP contribution in [-0.2, 0) is 20.1 Å². The second-order valence-corrected chi connectivity index (χ2v) is 14.7. The molecule has 0 aliphatic carbocycles. The van der Waals surface area contributed by atoms with Crippen molar-refractivity contribution in [3.63, 3.8) is 0 Å². The molecule has 0 amide bonds. The summed E-state index contributed by atoms with van der Waals surface area (Å²) in [5.41, 5.74) is 11.6. The Labute approximate surface area is 381 Å². The van der Waals surface area contributed by atoms with Crippen LogP contribution in [0.3, 0.4) is 0 Å². The zero-order valence-electron chi connectivity index (χ0n) is 34.1. The SMILES string of the molecule is [Ir].[c-]1ccccc1-c1ccccn1.c1ccc(-n2c(-c3cc(-c4nc5cccnc5n4-c4ccccc4)cc(-[n+]4cc5cccnc5n4-c4ccccc4)c3)nc3cccnc32)cc1. The summed E-state index contributed by atoms with van der Waals surface area (Å²) in [5, 5.41) is 1.01. The van der Waals surface area contributed by atoms with Crippen molar-refractivity contribution in [3.8, 4) is 56.8 Å². The van der Waals surface area contributed by atoms with Crippen molar-refractivity contribution in [2.75, 3.05) is 0 Å². The summed E-state index contributed by atoms with van der Waals surface area (Å²) >= 11 is 0. The van der Waals surface area contributed by atoms with Crippen molar-refractivity contribution in [1.82, 2.24) is 43.7 Å². The van der Waals surface area contributed by atoms with Crippen LogP contribution in [0.15, 0.2) is 219 Å². The van der Waals surface area contributed by atoms with Crippen LogP contribution in [0.25, 0.3) is 90.1 Å². The minimum atomic E-state index is 0. The van der Waals surface area contributed by atoms with E-state index in [1.807, 2.05) is 146 Å². The Morgan fingerprint density at radius 2 is 0.953 bits per heavy atom. The van der Waals surface area contributed by atoms with E-state index in [1.54, 1.807) is 6.20 Å². The van der Waals surface area contributed by atoms with Gasteiger partial charge in [-0.3, -0.25) is 9.13 Å². The first-order valence-electron chi connectivity index (χ1n) is 20.5. The van der Waals surface area contributed by atoms with Crippen molar-refractivity contribution in [1.29, 1.82) is 0 Å². The summed E-state index contributed by atoms with van der Waals surface area (Å²) in [4.78, 5) is 29.0. The fourth-order valence-electron chi connectivity index (χ4n) is 7.92. The molecule has 0 saturated carbocycles. The third-order valence-corrected chi connectivity index (χ3v) is 10.7. The molecule has 0 spiro atoms. The van der Waals surface area contributed by atoms with E-state index < -0.39 is 0 Å². The van der Waals surface area contributed by atoms with Crippen molar-refractivity contribution < 1.29 is 24.8 Å². The first kappa shape index (κ1) is 39.9. The molecule has 7 aromatic heterocycles. The van der Waals surface area contributed by atoms with Gasteiger partial charge in [-0.05, 0) is 90.6 Å². The molecule has 0 atom stereocenters. The number of rotatable bonds is 7. The molecule has 11 heteroatoms. The molecule has 7 heterocycles. The van der Waals surface area contributed by atoms with Crippen LogP contribution >= 0.6 is 0 Å². The van der Waals surface area contributed by atoms with Crippen molar-refractivity contribution in [2.24, 2.45) is 0 Å². The predicted octanol–water partition coefficient (Wildman–Crippen LogP) is 10.7. The van der Waals surface area contributed by atoms with E-state index in [0.29, 0.717) is 0 Å². The van der Waals surface area contributed by atoms with Crippen molar-refractivity contribution >= 4 is 33.4 Å². The van der Waals surface area contributed by atoms with Gasteiger partial charge in [0.15, 0.2) is 11.3 Å². The molecule has 307 valence electrons. The van der Waals surface area contributed by atoms with E-state index >= 15 is 0 Å². The van der Waals surface area contributed by atoms with Crippen molar-refractivity contribution in [3.05, 3.63) is 225 Å². The number of aromatic nitrogens is 10. The molecule has 1 radical (unpaired) electrons. The van der Waals surface area contributed by atoms with Gasteiger partial charge in [0.05, 0.1) is 5.39 Å². The molecule has 0 fully saturated rings. The fourth-order valence-corrected chi connectivity index (χ4v) is 7.92. The van der Waals surface area contributed by atoms with Crippen LogP contribution in [0.5, 0.6) is 0 Å². The number of benzene rings is 5. The van der Waals surface area contributed by atoms with Gasteiger partial charge in [-0.2, -0.15) is 0 Å². The van der Waals surface area contributed by atoms with Gasteiger partial charge < -0.3 is 4.98 Å². The van der Waals surface area contributed by atoms with Gasteiger partial charge in [0.1, 0.15) is 28.4 Å². The van der Waals surface area contributed by atoms with Gasteiger partial charge in [0.25, 0.3) is 0 Å². The molecular weight excluding hydrogens is 969 g/mol. The number of hydrogen-bond donors (Lipinski definition) is 0. The molecule has 12 aromatic rings. The van der Waals surface area contributed by atoms with Crippen molar-refractivity contribution in [2.45, 2.75) is 0 Å². The largest absolute Gasteiger partial charge is 0.305 e. The molecule has 0 aliphatic rings. The molecule has 0 N–H and O–H groups in total. The summed E-state index contributed by atoms with van der Waals surface area (Å²) in [7, 11) is 0. The van der Waals surface area contributed by atoms with E-state index in [1.165, 1.54) is 0 Å². The standard InChI is InChI=1S/C42H28N9.C11H8N.Ir/c1-4-14-32(15-5-1)49-39(46-36-20-11-23-44-41(36)49)30-25-31(40-47-37-21-12-24-45-42(37)50(40)33-16-6-2-7-17-33)27-35(26-30)48-28-29-13-10-22-43-38(29)51(48)34-18-8-3-9-19-34;1-2-6-10(7-3-1)11-8-4-5-9-12-11;/h1-28H;1-6,8-9H;/q+1;-1;. The smallest absolute Gasteiger partial charge is 0.237 e. The summed E-state index contributed by atoms with van der Waals surface area (Å²) in [6, 6.07) is 66.0. The number of pyridine rings is 4. The zero-order chi connectivity index (χ0) is 42.0. The second kappa shape index (κ2) is 17.6. The number of hydrogen-bond acceptors (Lipinski definition) is 6.